The smallest absolute Gasteiger partial charge is 0.231 e. The van der Waals surface area contributed by atoms with E-state index in [4.69, 9.17) is 14.2 Å². The summed E-state index contributed by atoms with van der Waals surface area (Å²) in [5.41, 5.74) is 3.39. The van der Waals surface area contributed by atoms with Gasteiger partial charge in [0.1, 0.15) is 5.75 Å². The summed E-state index contributed by atoms with van der Waals surface area (Å²) in [6.45, 7) is 3.07. The fraction of sp³-hybridized carbons (Fsp3) is 0.350. The van der Waals surface area contributed by atoms with Crippen LogP contribution in [0.25, 0.3) is 0 Å². The van der Waals surface area contributed by atoms with Gasteiger partial charge in [0.05, 0.1) is 19.6 Å². The largest absolute Gasteiger partial charge is 0.497 e. The molecule has 1 unspecified atom stereocenters. The molecule has 0 saturated heterocycles. The zero-order chi connectivity index (χ0) is 17.4. The first-order valence-corrected chi connectivity index (χ1v) is 8.50. The number of ether oxygens (including phenoxy) is 3. The van der Waals surface area contributed by atoms with E-state index in [2.05, 4.69) is 13.0 Å². The van der Waals surface area contributed by atoms with E-state index in [1.165, 1.54) is 5.56 Å². The van der Waals surface area contributed by atoms with E-state index in [-0.39, 0.29) is 18.7 Å². The van der Waals surface area contributed by atoms with Gasteiger partial charge in [-0.05, 0) is 54.3 Å². The van der Waals surface area contributed by atoms with E-state index in [0.717, 1.165) is 41.3 Å². The molecular formula is C20H21NO4. The number of fused-ring (bicyclic) bond motifs is 2. The first-order chi connectivity index (χ1) is 12.2. The lowest BCUT2D eigenvalue weighted by molar-refractivity contribution is -0.133. The third-order valence-corrected chi connectivity index (χ3v) is 5.01. The van der Waals surface area contributed by atoms with Crippen LogP contribution in [-0.2, 0) is 17.6 Å². The molecule has 2 aromatic rings. The lowest BCUT2D eigenvalue weighted by Crippen LogP contribution is -2.39. The Kier molecular flexibility index (Phi) is 3.99. The minimum absolute atomic E-state index is 0.0315. The number of carbonyl (C=O) groups is 1. The Morgan fingerprint density at radius 1 is 1.20 bits per heavy atom. The highest BCUT2D eigenvalue weighted by molar-refractivity contribution is 5.79. The summed E-state index contributed by atoms with van der Waals surface area (Å²) in [5, 5.41) is 0. The minimum Gasteiger partial charge on any atom is -0.497 e. The molecule has 2 aliphatic heterocycles. The highest BCUT2D eigenvalue weighted by Gasteiger charge is 2.30. The molecule has 5 nitrogen and oxygen atoms in total. The fourth-order valence-corrected chi connectivity index (χ4v) is 3.57. The van der Waals surface area contributed by atoms with Crippen molar-refractivity contribution in [1.82, 2.24) is 4.90 Å². The number of hydrogen-bond acceptors (Lipinski definition) is 4. The van der Waals surface area contributed by atoms with Crippen LogP contribution in [-0.4, -0.2) is 31.3 Å². The predicted molar refractivity (Wildman–Crippen MR) is 93.1 cm³/mol. The Morgan fingerprint density at radius 2 is 1.92 bits per heavy atom. The number of amides is 1. The van der Waals surface area contributed by atoms with Crippen LogP contribution >= 0.6 is 0 Å². The van der Waals surface area contributed by atoms with Crippen LogP contribution in [0.4, 0.5) is 0 Å². The maximum atomic E-state index is 12.8. The van der Waals surface area contributed by atoms with Gasteiger partial charge in [0, 0.05) is 6.54 Å². The molecule has 0 N–H and O–H groups in total. The molecule has 130 valence electrons. The van der Waals surface area contributed by atoms with Crippen molar-refractivity contribution >= 4 is 5.91 Å². The van der Waals surface area contributed by atoms with Gasteiger partial charge >= 0.3 is 0 Å². The fourth-order valence-electron chi connectivity index (χ4n) is 3.57. The highest BCUT2D eigenvalue weighted by atomic mass is 16.7. The summed E-state index contributed by atoms with van der Waals surface area (Å²) in [6.07, 6.45) is 1.24. The Bertz CT molecular complexity index is 800. The molecule has 25 heavy (non-hydrogen) atoms. The Balaban J connectivity index is 1.52. The van der Waals surface area contributed by atoms with Crippen molar-refractivity contribution in [3.05, 3.63) is 53.1 Å². The summed E-state index contributed by atoms with van der Waals surface area (Å²) in [7, 11) is 1.64. The quantitative estimate of drug-likeness (QED) is 0.862. The summed E-state index contributed by atoms with van der Waals surface area (Å²) < 4.78 is 16.1. The lowest BCUT2D eigenvalue weighted by Gasteiger charge is -2.35. The first-order valence-electron chi connectivity index (χ1n) is 8.50. The van der Waals surface area contributed by atoms with E-state index in [9.17, 15) is 4.79 Å². The van der Waals surface area contributed by atoms with E-state index < -0.39 is 0 Å². The van der Waals surface area contributed by atoms with Gasteiger partial charge in [-0.25, -0.2) is 0 Å². The topological polar surface area (TPSA) is 48.0 Å². The van der Waals surface area contributed by atoms with Crippen molar-refractivity contribution in [2.45, 2.75) is 25.8 Å². The van der Waals surface area contributed by atoms with Gasteiger partial charge in [-0.1, -0.05) is 12.1 Å². The van der Waals surface area contributed by atoms with E-state index in [1.54, 1.807) is 7.11 Å². The molecule has 0 saturated carbocycles. The lowest BCUT2D eigenvalue weighted by atomic mass is 9.92. The normalized spacial score (nSPS) is 18.0. The van der Waals surface area contributed by atoms with Crippen molar-refractivity contribution in [2.75, 3.05) is 20.4 Å². The van der Waals surface area contributed by atoms with Crippen LogP contribution in [0.1, 0.15) is 29.7 Å². The Labute approximate surface area is 147 Å². The molecule has 5 heteroatoms. The molecule has 1 atom stereocenters. The molecule has 0 aromatic heterocycles. The van der Waals surface area contributed by atoms with Crippen LogP contribution in [0, 0.1) is 0 Å². The van der Waals surface area contributed by atoms with Gasteiger partial charge in [-0.2, -0.15) is 0 Å². The van der Waals surface area contributed by atoms with Gasteiger partial charge in [0.2, 0.25) is 12.7 Å². The second-order valence-electron chi connectivity index (χ2n) is 6.44. The van der Waals surface area contributed by atoms with Crippen molar-refractivity contribution in [1.29, 1.82) is 0 Å². The highest BCUT2D eigenvalue weighted by Crippen LogP contribution is 2.40. The molecule has 0 bridgehead atoms. The number of benzene rings is 2. The summed E-state index contributed by atoms with van der Waals surface area (Å²) in [5.74, 6) is 2.52. The van der Waals surface area contributed by atoms with Gasteiger partial charge in [-0.15, -0.1) is 0 Å². The molecule has 2 heterocycles. The molecular weight excluding hydrogens is 318 g/mol. The predicted octanol–water partition coefficient (Wildman–Crippen LogP) is 3.11. The van der Waals surface area contributed by atoms with Crippen LogP contribution in [0.15, 0.2) is 36.4 Å². The zero-order valence-electron chi connectivity index (χ0n) is 14.5. The van der Waals surface area contributed by atoms with Crippen LogP contribution < -0.4 is 14.2 Å². The van der Waals surface area contributed by atoms with Crippen molar-refractivity contribution in [3.63, 3.8) is 0 Å². The average molecular weight is 339 g/mol. The zero-order valence-corrected chi connectivity index (χ0v) is 14.5. The van der Waals surface area contributed by atoms with Gasteiger partial charge in [0.15, 0.2) is 11.5 Å². The molecule has 0 fully saturated rings. The summed E-state index contributed by atoms with van der Waals surface area (Å²) in [4.78, 5) is 14.8. The Hall–Kier alpha value is -2.69. The third-order valence-electron chi connectivity index (χ3n) is 5.01. The van der Waals surface area contributed by atoms with Crippen LogP contribution in [0.3, 0.4) is 0 Å². The minimum atomic E-state index is 0.0315. The number of hydrogen-bond donors (Lipinski definition) is 0. The summed E-state index contributed by atoms with van der Waals surface area (Å²) >= 11 is 0. The summed E-state index contributed by atoms with van der Waals surface area (Å²) in [6, 6.07) is 11.8. The molecule has 0 radical (unpaired) electrons. The second-order valence-corrected chi connectivity index (χ2v) is 6.44. The Morgan fingerprint density at radius 3 is 2.64 bits per heavy atom. The maximum absolute atomic E-state index is 12.8. The standard InChI is InChI=1S/C20H21NO4/c1-13-17-11-19-18(24-12-25-19)10-15(17)7-8-21(13)20(22)9-14-3-5-16(23-2)6-4-14/h3-6,10-11,13H,7-9,12H2,1-2H3. The number of nitrogens with zero attached hydrogens (tertiary/aromatic N) is 1. The van der Waals surface area contributed by atoms with Crippen molar-refractivity contribution < 1.29 is 19.0 Å². The third kappa shape index (κ3) is 2.90. The molecule has 2 aromatic carbocycles. The first kappa shape index (κ1) is 15.8. The molecule has 1 amide bonds. The van der Waals surface area contributed by atoms with Gasteiger partial charge in [-0.3, -0.25) is 4.79 Å². The van der Waals surface area contributed by atoms with E-state index >= 15 is 0 Å². The maximum Gasteiger partial charge on any atom is 0.231 e. The number of rotatable bonds is 3. The molecule has 4 rings (SSSR count). The van der Waals surface area contributed by atoms with E-state index in [0.29, 0.717) is 6.42 Å². The van der Waals surface area contributed by atoms with Gasteiger partial charge in [0.25, 0.3) is 0 Å². The van der Waals surface area contributed by atoms with Crippen LogP contribution in [0.5, 0.6) is 17.2 Å². The van der Waals surface area contributed by atoms with Crippen molar-refractivity contribution in [2.24, 2.45) is 0 Å². The molecule has 0 aliphatic carbocycles. The van der Waals surface area contributed by atoms with E-state index in [1.807, 2.05) is 35.2 Å². The number of carbonyl (C=O) groups excluding carboxylic acids is 1. The van der Waals surface area contributed by atoms with Gasteiger partial charge < -0.3 is 19.1 Å². The monoisotopic (exact) mass is 339 g/mol. The van der Waals surface area contributed by atoms with Crippen LogP contribution in [0.2, 0.25) is 0 Å². The number of methoxy groups -OCH3 is 1. The SMILES string of the molecule is COc1ccc(CC(=O)N2CCc3cc4c(cc3C2C)OCO4)cc1. The average Bonchev–Trinajstić information content (AvgIpc) is 3.08. The second kappa shape index (κ2) is 6.31. The van der Waals surface area contributed by atoms with Crippen molar-refractivity contribution in [3.8, 4) is 17.2 Å². The molecule has 2 aliphatic rings. The molecule has 0 spiro atoms.